The summed E-state index contributed by atoms with van der Waals surface area (Å²) in [7, 11) is 0. The van der Waals surface area contributed by atoms with Crippen molar-refractivity contribution in [1.82, 2.24) is 0 Å². The number of hydrogen-bond acceptors (Lipinski definition) is 3. The number of anilines is 3. The van der Waals surface area contributed by atoms with Crippen molar-refractivity contribution in [1.29, 1.82) is 0 Å². The predicted octanol–water partition coefficient (Wildman–Crippen LogP) is 18.3. The van der Waals surface area contributed by atoms with E-state index in [2.05, 4.69) is 241 Å². The Labute approximate surface area is 404 Å². The van der Waals surface area contributed by atoms with Crippen LogP contribution in [-0.4, -0.2) is 0 Å². The van der Waals surface area contributed by atoms with Gasteiger partial charge in [0.05, 0.1) is 11.1 Å². The first-order valence-corrected chi connectivity index (χ1v) is 24.1. The lowest BCUT2D eigenvalue weighted by molar-refractivity contribution is 0.664. The maximum absolute atomic E-state index is 6.83. The second-order valence-corrected chi connectivity index (χ2v) is 18.7. The van der Waals surface area contributed by atoms with Crippen molar-refractivity contribution in [2.24, 2.45) is 0 Å². The monoisotopic (exact) mass is 891 g/mol. The number of furan rings is 2. The third-order valence-corrected chi connectivity index (χ3v) is 15.1. The first-order valence-electron chi connectivity index (χ1n) is 24.1. The predicted molar refractivity (Wildman–Crippen MR) is 288 cm³/mol. The molecule has 2 aliphatic carbocycles. The molecule has 326 valence electrons. The molecule has 0 atom stereocenters. The zero-order valence-corrected chi connectivity index (χ0v) is 37.9. The Kier molecular flexibility index (Phi) is 8.28. The van der Waals surface area contributed by atoms with Crippen LogP contribution in [0.4, 0.5) is 17.1 Å². The van der Waals surface area contributed by atoms with Crippen LogP contribution in [0.3, 0.4) is 0 Å². The van der Waals surface area contributed by atoms with Gasteiger partial charge in [0, 0.05) is 44.0 Å². The van der Waals surface area contributed by atoms with E-state index in [1.165, 1.54) is 50.1 Å². The molecule has 0 aliphatic heterocycles. The van der Waals surface area contributed by atoms with Gasteiger partial charge in [-0.3, -0.25) is 0 Å². The lowest BCUT2D eigenvalue weighted by Gasteiger charge is -2.32. The van der Waals surface area contributed by atoms with Gasteiger partial charge in [0.15, 0.2) is 0 Å². The van der Waals surface area contributed by atoms with E-state index in [-0.39, 0.29) is 0 Å². The standard InChI is InChI=1S/C67H41NO2/c1-3-17-43(18-4-1)48-21-10-15-29-60(48)68(47-36-37-52-51-24-9-14-28-58(51)67(59(52)40-47)56-26-12-7-22-49(56)50-23-8-13-27-57(50)67)46-34-31-42(32-35-46)45-33-38-62-54(39-45)55-41-63-65(53-25-11-16-30-61(53)69-63)64(66(55)70-62)44-19-5-2-6-20-44/h1-41H. The van der Waals surface area contributed by atoms with Gasteiger partial charge in [-0.05, 0) is 121 Å². The van der Waals surface area contributed by atoms with Crippen LogP contribution in [-0.2, 0) is 5.41 Å². The van der Waals surface area contributed by atoms with Gasteiger partial charge in [-0.15, -0.1) is 0 Å². The van der Waals surface area contributed by atoms with E-state index in [1.54, 1.807) is 0 Å². The van der Waals surface area contributed by atoms with Crippen LogP contribution in [0.2, 0.25) is 0 Å². The fourth-order valence-electron chi connectivity index (χ4n) is 12.2. The molecule has 0 saturated heterocycles. The van der Waals surface area contributed by atoms with E-state index in [0.717, 1.165) is 88.8 Å². The smallest absolute Gasteiger partial charge is 0.144 e. The molecule has 2 aliphatic rings. The summed E-state index contributed by atoms with van der Waals surface area (Å²) in [5.41, 5.74) is 23.4. The summed E-state index contributed by atoms with van der Waals surface area (Å²) in [6.45, 7) is 0. The Hall–Kier alpha value is -9.18. The van der Waals surface area contributed by atoms with E-state index in [4.69, 9.17) is 8.83 Å². The summed E-state index contributed by atoms with van der Waals surface area (Å²) in [5, 5.41) is 4.24. The van der Waals surface area contributed by atoms with Crippen molar-refractivity contribution < 1.29 is 8.83 Å². The van der Waals surface area contributed by atoms with E-state index in [9.17, 15) is 0 Å². The molecule has 70 heavy (non-hydrogen) atoms. The molecule has 0 saturated carbocycles. The normalized spacial score (nSPS) is 13.0. The minimum atomic E-state index is -0.461. The van der Waals surface area contributed by atoms with Gasteiger partial charge in [-0.25, -0.2) is 0 Å². The Balaban J connectivity index is 0.906. The van der Waals surface area contributed by atoms with E-state index < -0.39 is 5.41 Å². The average Bonchev–Trinajstić information content (AvgIpc) is 4.17. The summed E-state index contributed by atoms with van der Waals surface area (Å²) in [6, 6.07) is 90.4. The molecule has 11 aromatic carbocycles. The van der Waals surface area contributed by atoms with Crippen LogP contribution in [0.1, 0.15) is 22.3 Å². The van der Waals surface area contributed by atoms with E-state index >= 15 is 0 Å². The largest absolute Gasteiger partial charge is 0.456 e. The number of benzene rings is 11. The van der Waals surface area contributed by atoms with Crippen molar-refractivity contribution >= 4 is 60.9 Å². The molecule has 0 bridgehead atoms. The summed E-state index contributed by atoms with van der Waals surface area (Å²) in [6.07, 6.45) is 0. The van der Waals surface area contributed by atoms with E-state index in [1.807, 2.05) is 12.1 Å². The zero-order chi connectivity index (χ0) is 45.9. The Morgan fingerprint density at radius 1 is 0.300 bits per heavy atom. The molecule has 15 rings (SSSR count). The quantitative estimate of drug-likeness (QED) is 0.167. The molecule has 3 heteroatoms. The molecule has 0 N–H and O–H groups in total. The summed E-state index contributed by atoms with van der Waals surface area (Å²) < 4.78 is 13.4. The molecular weight excluding hydrogens is 851 g/mol. The Morgan fingerprint density at radius 2 is 0.843 bits per heavy atom. The SMILES string of the molecule is c1ccc(-c2ccccc2N(c2ccc(-c3ccc4oc5c(-c6ccccc6)c6c(cc5c4c3)oc3ccccc36)cc2)c2ccc3c(c2)C2(c4ccccc4-c4ccccc42)c2ccccc2-3)cc1. The maximum atomic E-state index is 6.83. The molecule has 0 amide bonds. The van der Waals surface area contributed by atoms with Crippen molar-refractivity contribution in [2.75, 3.05) is 4.90 Å². The summed E-state index contributed by atoms with van der Waals surface area (Å²) >= 11 is 0. The molecule has 0 radical (unpaired) electrons. The summed E-state index contributed by atoms with van der Waals surface area (Å²) in [5.74, 6) is 0. The zero-order valence-electron chi connectivity index (χ0n) is 37.9. The second kappa shape index (κ2) is 14.9. The number of para-hydroxylation sites is 2. The highest BCUT2D eigenvalue weighted by atomic mass is 16.3. The molecule has 1 spiro atoms. The molecule has 0 fully saturated rings. The van der Waals surface area contributed by atoms with Gasteiger partial charge in [0.2, 0.25) is 0 Å². The molecule has 13 aromatic rings. The maximum Gasteiger partial charge on any atom is 0.144 e. The third kappa shape index (κ3) is 5.46. The number of nitrogens with zero attached hydrogens (tertiary/aromatic N) is 1. The second-order valence-electron chi connectivity index (χ2n) is 18.7. The molecule has 2 heterocycles. The van der Waals surface area contributed by atoms with Crippen molar-refractivity contribution in [2.45, 2.75) is 5.41 Å². The average molecular weight is 892 g/mol. The van der Waals surface area contributed by atoms with Crippen LogP contribution in [0, 0.1) is 0 Å². The first-order chi connectivity index (χ1) is 34.7. The van der Waals surface area contributed by atoms with Crippen LogP contribution in [0.15, 0.2) is 258 Å². The van der Waals surface area contributed by atoms with Crippen LogP contribution in [0.5, 0.6) is 0 Å². The number of hydrogen-bond donors (Lipinski definition) is 0. The van der Waals surface area contributed by atoms with Crippen molar-refractivity contribution in [3.63, 3.8) is 0 Å². The number of fused-ring (bicyclic) bond motifs is 16. The minimum absolute atomic E-state index is 0.461. The summed E-state index contributed by atoms with van der Waals surface area (Å²) in [4.78, 5) is 2.45. The van der Waals surface area contributed by atoms with Gasteiger partial charge in [0.25, 0.3) is 0 Å². The molecule has 0 unspecified atom stereocenters. The van der Waals surface area contributed by atoms with Crippen molar-refractivity contribution in [3.8, 4) is 55.6 Å². The Bertz CT molecular complexity index is 4170. The highest BCUT2D eigenvalue weighted by molar-refractivity contribution is 6.23. The Morgan fingerprint density at radius 3 is 1.54 bits per heavy atom. The van der Waals surface area contributed by atoms with Crippen LogP contribution >= 0.6 is 0 Å². The van der Waals surface area contributed by atoms with Crippen LogP contribution in [0.25, 0.3) is 99.5 Å². The fraction of sp³-hybridized carbons (Fsp3) is 0.0149. The highest BCUT2D eigenvalue weighted by Gasteiger charge is 2.51. The van der Waals surface area contributed by atoms with Crippen molar-refractivity contribution in [3.05, 3.63) is 271 Å². The minimum Gasteiger partial charge on any atom is -0.456 e. The molecule has 3 nitrogen and oxygen atoms in total. The topological polar surface area (TPSA) is 29.5 Å². The fourth-order valence-corrected chi connectivity index (χ4v) is 12.2. The lowest BCUT2D eigenvalue weighted by atomic mass is 9.70. The lowest BCUT2D eigenvalue weighted by Crippen LogP contribution is -2.26. The highest BCUT2D eigenvalue weighted by Crippen LogP contribution is 2.63. The van der Waals surface area contributed by atoms with Gasteiger partial charge in [-0.1, -0.05) is 194 Å². The number of rotatable bonds is 6. The van der Waals surface area contributed by atoms with E-state index in [0.29, 0.717) is 0 Å². The van der Waals surface area contributed by atoms with Crippen LogP contribution < -0.4 is 4.90 Å². The van der Waals surface area contributed by atoms with Gasteiger partial charge >= 0.3 is 0 Å². The van der Waals surface area contributed by atoms with Gasteiger partial charge in [0.1, 0.15) is 22.3 Å². The third-order valence-electron chi connectivity index (χ3n) is 15.1. The molecule has 2 aromatic heterocycles. The van der Waals surface area contributed by atoms with Gasteiger partial charge in [-0.2, -0.15) is 0 Å². The first kappa shape index (κ1) is 38.9. The molecular formula is C67H41NO2. The van der Waals surface area contributed by atoms with Gasteiger partial charge < -0.3 is 13.7 Å².